The molecule has 0 unspecified atom stereocenters. The van der Waals surface area contributed by atoms with Crippen molar-refractivity contribution in [2.45, 2.75) is 19.4 Å². The van der Waals surface area contributed by atoms with Gasteiger partial charge in [-0.2, -0.15) is 0 Å². The van der Waals surface area contributed by atoms with E-state index >= 15 is 0 Å². The number of hydrogen-bond donors (Lipinski definition) is 1. The number of hydrogen-bond acceptors (Lipinski definition) is 2. The predicted molar refractivity (Wildman–Crippen MR) is 83.2 cm³/mol. The van der Waals surface area contributed by atoms with Gasteiger partial charge < -0.3 is 9.88 Å². The fourth-order valence-corrected chi connectivity index (χ4v) is 2.50. The average molecular weight is 265 g/mol. The average Bonchev–Trinajstić information content (AvgIpc) is 2.97. The quantitative estimate of drug-likeness (QED) is 0.785. The minimum absolute atomic E-state index is 0.132. The Labute approximate surface area is 119 Å². The molecule has 0 radical (unpaired) electrons. The fourth-order valence-electron chi connectivity index (χ4n) is 2.50. The zero-order valence-corrected chi connectivity index (χ0v) is 12.1. The van der Waals surface area contributed by atoms with Crippen LogP contribution in [0.25, 0.3) is 16.5 Å². The van der Waals surface area contributed by atoms with Crippen LogP contribution >= 0.6 is 0 Å². The van der Waals surface area contributed by atoms with E-state index in [1.807, 2.05) is 19.6 Å². The van der Waals surface area contributed by atoms with E-state index < -0.39 is 0 Å². The molecule has 3 heteroatoms. The Morgan fingerprint density at radius 1 is 1.05 bits per heavy atom. The number of benzene rings is 2. The summed E-state index contributed by atoms with van der Waals surface area (Å²) in [6, 6.07) is 14.8. The molecule has 3 aromatic rings. The normalized spacial score (nSPS) is 11.9. The number of rotatable bonds is 3. The summed E-state index contributed by atoms with van der Waals surface area (Å²) in [5.74, 6) is 0. The van der Waals surface area contributed by atoms with Gasteiger partial charge in [0, 0.05) is 5.39 Å². The van der Waals surface area contributed by atoms with Crippen molar-refractivity contribution >= 4 is 10.8 Å². The maximum atomic E-state index is 4.34. The van der Waals surface area contributed by atoms with Crippen molar-refractivity contribution in [1.82, 2.24) is 14.9 Å². The fraction of sp³-hybridized carbons (Fsp3) is 0.235. The van der Waals surface area contributed by atoms with Crippen LogP contribution in [0, 0.1) is 0 Å². The zero-order chi connectivity index (χ0) is 14.2. The van der Waals surface area contributed by atoms with E-state index in [0.29, 0.717) is 0 Å². The van der Waals surface area contributed by atoms with E-state index in [1.54, 1.807) is 0 Å². The highest BCUT2D eigenvalue weighted by atomic mass is 15.1. The maximum Gasteiger partial charge on any atom is 0.0995 e. The molecular formula is C17H19N3. The van der Waals surface area contributed by atoms with Crippen LogP contribution in [-0.2, 0) is 5.54 Å². The maximum absolute atomic E-state index is 4.34. The number of aromatic nitrogens is 2. The second-order valence-electron chi connectivity index (χ2n) is 5.52. The molecule has 0 bridgehead atoms. The van der Waals surface area contributed by atoms with Crippen LogP contribution in [0.1, 0.15) is 19.5 Å². The standard InChI is InChI=1S/C17H19N3/c1-17(2,18-3)16-11-19-12-20(16)15-10-6-8-13-7-4-5-9-14(13)15/h4-12,18H,1-3H3. The Morgan fingerprint density at radius 3 is 2.60 bits per heavy atom. The van der Waals surface area contributed by atoms with Crippen LogP contribution in [-0.4, -0.2) is 16.6 Å². The van der Waals surface area contributed by atoms with Crippen molar-refractivity contribution in [1.29, 1.82) is 0 Å². The van der Waals surface area contributed by atoms with Gasteiger partial charge in [0.15, 0.2) is 0 Å². The second-order valence-corrected chi connectivity index (χ2v) is 5.52. The predicted octanol–water partition coefficient (Wildman–Crippen LogP) is 3.48. The van der Waals surface area contributed by atoms with Crippen molar-refractivity contribution in [3.63, 3.8) is 0 Å². The highest BCUT2D eigenvalue weighted by Crippen LogP contribution is 2.27. The van der Waals surface area contributed by atoms with Crippen molar-refractivity contribution in [2.75, 3.05) is 7.05 Å². The summed E-state index contributed by atoms with van der Waals surface area (Å²) < 4.78 is 2.17. The van der Waals surface area contributed by atoms with Crippen molar-refractivity contribution in [2.24, 2.45) is 0 Å². The van der Waals surface area contributed by atoms with Crippen LogP contribution in [0.15, 0.2) is 55.0 Å². The molecule has 0 amide bonds. The Balaban J connectivity index is 2.25. The molecule has 0 atom stereocenters. The van der Waals surface area contributed by atoms with E-state index in [0.717, 1.165) is 5.69 Å². The Kier molecular flexibility index (Phi) is 3.07. The molecular weight excluding hydrogens is 246 g/mol. The first-order valence-electron chi connectivity index (χ1n) is 6.83. The first-order valence-corrected chi connectivity index (χ1v) is 6.83. The third-order valence-electron chi connectivity index (χ3n) is 3.93. The van der Waals surface area contributed by atoms with Crippen LogP contribution < -0.4 is 5.32 Å². The molecule has 2 aromatic carbocycles. The number of nitrogens with zero attached hydrogens (tertiary/aromatic N) is 2. The molecule has 20 heavy (non-hydrogen) atoms. The summed E-state index contributed by atoms with van der Waals surface area (Å²) >= 11 is 0. The molecule has 102 valence electrons. The molecule has 1 aromatic heterocycles. The summed E-state index contributed by atoms with van der Waals surface area (Å²) in [5, 5.41) is 5.82. The summed E-state index contributed by atoms with van der Waals surface area (Å²) in [7, 11) is 1.97. The van der Waals surface area contributed by atoms with Crippen molar-refractivity contribution in [3.8, 4) is 5.69 Å². The third-order valence-corrected chi connectivity index (χ3v) is 3.93. The smallest absolute Gasteiger partial charge is 0.0995 e. The zero-order valence-electron chi connectivity index (χ0n) is 12.1. The summed E-state index contributed by atoms with van der Waals surface area (Å²) in [6.45, 7) is 4.32. The molecule has 3 rings (SSSR count). The van der Waals surface area contributed by atoms with E-state index in [2.05, 4.69) is 71.2 Å². The third kappa shape index (κ3) is 2.00. The largest absolute Gasteiger partial charge is 0.310 e. The van der Waals surface area contributed by atoms with Gasteiger partial charge in [0.2, 0.25) is 0 Å². The number of fused-ring (bicyclic) bond motifs is 1. The van der Waals surface area contributed by atoms with E-state index in [1.165, 1.54) is 16.5 Å². The van der Waals surface area contributed by atoms with Gasteiger partial charge in [-0.1, -0.05) is 36.4 Å². The lowest BCUT2D eigenvalue weighted by atomic mass is 10.0. The second kappa shape index (κ2) is 4.76. The van der Waals surface area contributed by atoms with Gasteiger partial charge in [-0.25, -0.2) is 4.98 Å². The van der Waals surface area contributed by atoms with Crippen LogP contribution in [0.3, 0.4) is 0 Å². The monoisotopic (exact) mass is 265 g/mol. The Hall–Kier alpha value is -2.13. The van der Waals surface area contributed by atoms with Crippen molar-refractivity contribution in [3.05, 3.63) is 60.7 Å². The molecule has 3 nitrogen and oxygen atoms in total. The van der Waals surface area contributed by atoms with E-state index in [9.17, 15) is 0 Å². The lowest BCUT2D eigenvalue weighted by Gasteiger charge is -2.25. The number of imidazole rings is 1. The molecule has 0 spiro atoms. The van der Waals surface area contributed by atoms with Crippen LogP contribution in [0.5, 0.6) is 0 Å². The molecule has 0 fully saturated rings. The van der Waals surface area contributed by atoms with Gasteiger partial charge in [-0.15, -0.1) is 0 Å². The number of nitrogens with one attached hydrogen (secondary N) is 1. The molecule has 0 saturated carbocycles. The lowest BCUT2D eigenvalue weighted by Crippen LogP contribution is -2.35. The molecule has 1 heterocycles. The summed E-state index contributed by atoms with van der Waals surface area (Å²) in [5.41, 5.74) is 2.18. The van der Waals surface area contributed by atoms with Gasteiger partial charge in [0.25, 0.3) is 0 Å². The van der Waals surface area contributed by atoms with Gasteiger partial charge in [-0.3, -0.25) is 0 Å². The first-order chi connectivity index (χ1) is 9.63. The van der Waals surface area contributed by atoms with Crippen LogP contribution in [0.4, 0.5) is 0 Å². The summed E-state index contributed by atoms with van der Waals surface area (Å²) in [4.78, 5) is 4.34. The molecule has 0 aliphatic carbocycles. The Morgan fingerprint density at radius 2 is 1.80 bits per heavy atom. The summed E-state index contributed by atoms with van der Waals surface area (Å²) in [6.07, 6.45) is 3.81. The molecule has 0 aliphatic heterocycles. The molecule has 1 N–H and O–H groups in total. The van der Waals surface area contributed by atoms with E-state index in [4.69, 9.17) is 0 Å². The highest BCUT2D eigenvalue weighted by molar-refractivity contribution is 5.90. The lowest BCUT2D eigenvalue weighted by molar-refractivity contribution is 0.425. The van der Waals surface area contributed by atoms with E-state index in [-0.39, 0.29) is 5.54 Å². The minimum Gasteiger partial charge on any atom is -0.310 e. The SMILES string of the molecule is CNC(C)(C)c1cncn1-c1cccc2ccccc12. The molecule has 0 saturated heterocycles. The van der Waals surface area contributed by atoms with Gasteiger partial charge in [0.05, 0.1) is 29.4 Å². The van der Waals surface area contributed by atoms with Gasteiger partial charge in [0.1, 0.15) is 0 Å². The highest BCUT2D eigenvalue weighted by Gasteiger charge is 2.23. The van der Waals surface area contributed by atoms with Gasteiger partial charge >= 0.3 is 0 Å². The Bertz CT molecular complexity index is 735. The topological polar surface area (TPSA) is 29.9 Å². The van der Waals surface area contributed by atoms with Gasteiger partial charge in [-0.05, 0) is 32.3 Å². The van der Waals surface area contributed by atoms with Crippen molar-refractivity contribution < 1.29 is 0 Å². The minimum atomic E-state index is -0.132. The molecule has 0 aliphatic rings. The van der Waals surface area contributed by atoms with Crippen LogP contribution in [0.2, 0.25) is 0 Å². The first kappa shape index (κ1) is 12.9.